The molecule has 0 amide bonds. The lowest BCUT2D eigenvalue weighted by molar-refractivity contribution is -0.141. The van der Waals surface area contributed by atoms with Crippen LogP contribution < -0.4 is 5.73 Å². The largest absolute Gasteiger partial charge is 0.481 e. The third-order valence-electron chi connectivity index (χ3n) is 2.40. The predicted octanol–water partition coefficient (Wildman–Crippen LogP) is 2.33. The molecule has 0 spiro atoms. The van der Waals surface area contributed by atoms with Crippen LogP contribution in [-0.4, -0.2) is 17.6 Å². The van der Waals surface area contributed by atoms with E-state index in [9.17, 15) is 18.0 Å². The van der Waals surface area contributed by atoms with Crippen LogP contribution in [0.5, 0.6) is 0 Å². The van der Waals surface area contributed by atoms with E-state index in [-0.39, 0.29) is 25.4 Å². The molecule has 3 N–H and O–H groups in total. The number of benzene rings is 1. The highest BCUT2D eigenvalue weighted by atomic mass is 35.5. The number of carboxylic acid groups (broad SMARTS) is 1. The van der Waals surface area contributed by atoms with E-state index < -0.39 is 23.6 Å². The van der Waals surface area contributed by atoms with Crippen molar-refractivity contribution in [2.75, 3.05) is 6.54 Å². The summed E-state index contributed by atoms with van der Waals surface area (Å²) in [6.45, 7) is -0.0453. The second kappa shape index (κ2) is 6.61. The number of carboxylic acids is 1. The van der Waals surface area contributed by atoms with E-state index in [1.165, 1.54) is 12.1 Å². The molecule has 7 heteroatoms. The summed E-state index contributed by atoms with van der Waals surface area (Å²) >= 11 is 0. The molecule has 0 radical (unpaired) electrons. The first-order chi connectivity index (χ1) is 7.84. The van der Waals surface area contributed by atoms with Crippen molar-refractivity contribution in [3.63, 3.8) is 0 Å². The molecule has 1 atom stereocenters. The van der Waals surface area contributed by atoms with Crippen LogP contribution in [0, 0.1) is 5.92 Å². The Morgan fingerprint density at radius 1 is 1.28 bits per heavy atom. The second-order valence-electron chi connectivity index (χ2n) is 3.67. The third kappa shape index (κ3) is 4.54. The molecule has 1 aromatic carbocycles. The number of hydrogen-bond donors (Lipinski definition) is 2. The number of rotatable bonds is 4. The zero-order valence-electron chi connectivity index (χ0n) is 9.28. The van der Waals surface area contributed by atoms with Crippen LogP contribution in [0.4, 0.5) is 13.2 Å². The molecule has 3 nitrogen and oxygen atoms in total. The van der Waals surface area contributed by atoms with Crippen LogP contribution in [-0.2, 0) is 17.4 Å². The minimum absolute atomic E-state index is 0. The Bertz CT molecular complexity index is 392. The number of alkyl halides is 3. The van der Waals surface area contributed by atoms with Gasteiger partial charge in [0.05, 0.1) is 11.5 Å². The molecule has 1 rings (SSSR count). The van der Waals surface area contributed by atoms with E-state index in [2.05, 4.69) is 0 Å². The van der Waals surface area contributed by atoms with Crippen molar-refractivity contribution in [2.24, 2.45) is 11.7 Å². The number of carbonyl (C=O) groups is 1. The SMILES string of the molecule is Cl.NC[C@H](Cc1ccc(C(F)(F)F)cc1)C(=O)O. The Hall–Kier alpha value is -1.27. The topological polar surface area (TPSA) is 63.3 Å². The molecule has 0 saturated carbocycles. The fraction of sp³-hybridized carbons (Fsp3) is 0.364. The maximum absolute atomic E-state index is 12.3. The zero-order valence-corrected chi connectivity index (χ0v) is 10.1. The zero-order chi connectivity index (χ0) is 13.1. The summed E-state index contributed by atoms with van der Waals surface area (Å²) < 4.78 is 36.8. The standard InChI is InChI=1S/C11H12F3NO2.ClH/c12-11(13,14)9-3-1-7(2-4-9)5-8(6-15)10(16)17;/h1-4,8H,5-6,15H2,(H,16,17);1H/t8-;/m0./s1. The first-order valence-corrected chi connectivity index (χ1v) is 4.93. The minimum atomic E-state index is -4.38. The lowest BCUT2D eigenvalue weighted by Gasteiger charge is -2.11. The molecule has 0 unspecified atom stereocenters. The van der Waals surface area contributed by atoms with Gasteiger partial charge < -0.3 is 10.8 Å². The third-order valence-corrected chi connectivity index (χ3v) is 2.40. The summed E-state index contributed by atoms with van der Waals surface area (Å²) in [6.07, 6.45) is -4.25. The highest BCUT2D eigenvalue weighted by Crippen LogP contribution is 2.29. The van der Waals surface area contributed by atoms with Gasteiger partial charge in [-0.15, -0.1) is 12.4 Å². The number of aliphatic carboxylic acids is 1. The minimum Gasteiger partial charge on any atom is -0.481 e. The Morgan fingerprint density at radius 3 is 2.11 bits per heavy atom. The van der Waals surface area contributed by atoms with Gasteiger partial charge in [0.25, 0.3) is 0 Å². The van der Waals surface area contributed by atoms with Crippen molar-refractivity contribution in [2.45, 2.75) is 12.6 Å². The van der Waals surface area contributed by atoms with Crippen molar-refractivity contribution in [1.82, 2.24) is 0 Å². The molecular formula is C11H13ClF3NO2. The van der Waals surface area contributed by atoms with E-state index in [1.54, 1.807) is 0 Å². The van der Waals surface area contributed by atoms with Gasteiger partial charge in [0, 0.05) is 6.54 Å². The molecule has 0 heterocycles. The van der Waals surface area contributed by atoms with Gasteiger partial charge in [0.2, 0.25) is 0 Å². The molecule has 0 fully saturated rings. The van der Waals surface area contributed by atoms with Gasteiger partial charge in [-0.3, -0.25) is 4.79 Å². The van der Waals surface area contributed by atoms with Crippen LogP contribution in [0.3, 0.4) is 0 Å². The fourth-order valence-electron chi connectivity index (χ4n) is 1.39. The van der Waals surface area contributed by atoms with Crippen LogP contribution >= 0.6 is 12.4 Å². The summed E-state index contributed by atoms with van der Waals surface area (Å²) in [6, 6.07) is 4.42. The maximum Gasteiger partial charge on any atom is 0.416 e. The maximum atomic E-state index is 12.3. The number of hydrogen-bond acceptors (Lipinski definition) is 2. The van der Waals surface area contributed by atoms with Gasteiger partial charge in [-0.25, -0.2) is 0 Å². The Morgan fingerprint density at radius 2 is 1.78 bits per heavy atom. The Kier molecular flexibility index (Phi) is 6.14. The summed E-state index contributed by atoms with van der Waals surface area (Å²) in [4.78, 5) is 10.7. The smallest absolute Gasteiger partial charge is 0.416 e. The van der Waals surface area contributed by atoms with Crippen molar-refractivity contribution < 1.29 is 23.1 Å². The first-order valence-electron chi connectivity index (χ1n) is 4.93. The van der Waals surface area contributed by atoms with Crippen molar-refractivity contribution in [3.05, 3.63) is 35.4 Å². The Labute approximate surface area is 108 Å². The molecule has 0 aromatic heterocycles. The van der Waals surface area contributed by atoms with Gasteiger partial charge >= 0.3 is 12.1 Å². The number of halogens is 4. The molecule has 102 valence electrons. The molecular weight excluding hydrogens is 271 g/mol. The van der Waals surface area contributed by atoms with Crippen molar-refractivity contribution >= 4 is 18.4 Å². The van der Waals surface area contributed by atoms with Crippen LogP contribution in [0.2, 0.25) is 0 Å². The van der Waals surface area contributed by atoms with E-state index in [1.807, 2.05) is 0 Å². The normalized spacial score (nSPS) is 12.7. The highest BCUT2D eigenvalue weighted by molar-refractivity contribution is 5.85. The van der Waals surface area contributed by atoms with E-state index in [0.29, 0.717) is 5.56 Å². The molecule has 0 aliphatic carbocycles. The van der Waals surface area contributed by atoms with Gasteiger partial charge in [-0.2, -0.15) is 13.2 Å². The van der Waals surface area contributed by atoms with Gasteiger partial charge in [-0.05, 0) is 24.1 Å². The summed E-state index contributed by atoms with van der Waals surface area (Å²) in [5, 5.41) is 8.76. The van der Waals surface area contributed by atoms with Crippen molar-refractivity contribution in [3.8, 4) is 0 Å². The van der Waals surface area contributed by atoms with Gasteiger partial charge in [0.1, 0.15) is 0 Å². The number of nitrogens with two attached hydrogens (primary N) is 1. The van der Waals surface area contributed by atoms with Crippen LogP contribution in [0.25, 0.3) is 0 Å². The monoisotopic (exact) mass is 283 g/mol. The fourth-order valence-corrected chi connectivity index (χ4v) is 1.39. The summed E-state index contributed by atoms with van der Waals surface area (Å²) in [5.41, 5.74) is 5.03. The molecule has 0 aliphatic rings. The quantitative estimate of drug-likeness (QED) is 0.891. The molecule has 18 heavy (non-hydrogen) atoms. The van der Waals surface area contributed by atoms with E-state index >= 15 is 0 Å². The average Bonchev–Trinajstić information content (AvgIpc) is 2.25. The lowest BCUT2D eigenvalue weighted by Crippen LogP contribution is -2.25. The first kappa shape index (κ1) is 16.7. The van der Waals surface area contributed by atoms with Crippen molar-refractivity contribution in [1.29, 1.82) is 0 Å². The summed E-state index contributed by atoms with van der Waals surface area (Å²) in [7, 11) is 0. The van der Waals surface area contributed by atoms with E-state index in [4.69, 9.17) is 10.8 Å². The molecule has 1 aromatic rings. The van der Waals surface area contributed by atoms with Crippen LogP contribution in [0.15, 0.2) is 24.3 Å². The van der Waals surface area contributed by atoms with Crippen LogP contribution in [0.1, 0.15) is 11.1 Å². The average molecular weight is 284 g/mol. The van der Waals surface area contributed by atoms with E-state index in [0.717, 1.165) is 12.1 Å². The molecule has 0 saturated heterocycles. The van der Waals surface area contributed by atoms with Gasteiger partial charge in [0.15, 0.2) is 0 Å². The lowest BCUT2D eigenvalue weighted by atomic mass is 9.99. The van der Waals surface area contributed by atoms with Gasteiger partial charge in [-0.1, -0.05) is 12.1 Å². The molecule has 0 bridgehead atoms. The Balaban J connectivity index is 0.00000289. The molecule has 0 aliphatic heterocycles. The summed E-state index contributed by atoms with van der Waals surface area (Å²) in [5.74, 6) is -1.82. The predicted molar refractivity (Wildman–Crippen MR) is 62.6 cm³/mol. The second-order valence-corrected chi connectivity index (χ2v) is 3.67. The highest BCUT2D eigenvalue weighted by Gasteiger charge is 2.30.